The third kappa shape index (κ3) is 2.91. The van der Waals surface area contributed by atoms with Crippen LogP contribution in [0, 0.1) is 5.92 Å². The number of hydrogen-bond acceptors (Lipinski definition) is 5. The number of hydrogen-bond donors (Lipinski definition) is 1. The van der Waals surface area contributed by atoms with E-state index in [9.17, 15) is 4.79 Å². The summed E-state index contributed by atoms with van der Waals surface area (Å²) in [7, 11) is 1.86. The van der Waals surface area contributed by atoms with Gasteiger partial charge in [-0.3, -0.25) is 9.48 Å². The Morgan fingerprint density at radius 2 is 2.32 bits per heavy atom. The molecule has 22 heavy (non-hydrogen) atoms. The Kier molecular flexibility index (Phi) is 4.26. The maximum atomic E-state index is 12.7. The standard InChI is InChI=1S/C15H21N5OS/c1-10-3-4-20(12(5-10)6-16)15(21)13-8-17-14(22-13)11-7-18-19(2)9-11/h7-10,12H,3-6,16H2,1-2H3. The molecule has 2 aromatic heterocycles. The molecule has 0 bridgehead atoms. The van der Waals surface area contributed by atoms with E-state index in [1.807, 2.05) is 18.1 Å². The molecule has 7 heteroatoms. The SMILES string of the molecule is CC1CCN(C(=O)c2cnc(-c3cnn(C)c3)s2)C(CN)C1. The molecule has 1 aliphatic heterocycles. The molecule has 0 aliphatic carbocycles. The van der Waals surface area contributed by atoms with Crippen molar-refractivity contribution >= 4 is 17.2 Å². The summed E-state index contributed by atoms with van der Waals surface area (Å²) in [6, 6.07) is 0.139. The summed E-state index contributed by atoms with van der Waals surface area (Å²) in [5.74, 6) is 0.681. The molecule has 118 valence electrons. The predicted octanol–water partition coefficient (Wildman–Crippen LogP) is 1.74. The van der Waals surface area contributed by atoms with Crippen LogP contribution in [0.5, 0.6) is 0 Å². The molecule has 0 aromatic carbocycles. The molecule has 1 amide bonds. The fraction of sp³-hybridized carbons (Fsp3) is 0.533. The number of piperidine rings is 1. The molecule has 2 atom stereocenters. The highest BCUT2D eigenvalue weighted by Gasteiger charge is 2.30. The zero-order chi connectivity index (χ0) is 15.7. The van der Waals surface area contributed by atoms with Crippen LogP contribution in [-0.4, -0.2) is 44.7 Å². The van der Waals surface area contributed by atoms with E-state index in [0.29, 0.717) is 17.3 Å². The Balaban J connectivity index is 1.79. The van der Waals surface area contributed by atoms with Gasteiger partial charge in [0, 0.05) is 37.9 Å². The van der Waals surface area contributed by atoms with Crippen molar-refractivity contribution in [2.24, 2.45) is 18.7 Å². The quantitative estimate of drug-likeness (QED) is 0.935. The highest BCUT2D eigenvalue weighted by Crippen LogP contribution is 2.28. The minimum Gasteiger partial charge on any atom is -0.334 e. The van der Waals surface area contributed by atoms with Crippen LogP contribution < -0.4 is 5.73 Å². The third-order valence-corrected chi connectivity index (χ3v) is 5.21. The van der Waals surface area contributed by atoms with Crippen LogP contribution in [-0.2, 0) is 7.05 Å². The summed E-state index contributed by atoms with van der Waals surface area (Å²) >= 11 is 1.42. The van der Waals surface area contributed by atoms with Crippen LogP contribution in [0.1, 0.15) is 29.4 Å². The predicted molar refractivity (Wildman–Crippen MR) is 86.6 cm³/mol. The third-order valence-electron chi connectivity index (χ3n) is 4.18. The average Bonchev–Trinajstić information content (AvgIpc) is 3.15. The largest absolute Gasteiger partial charge is 0.334 e. The zero-order valence-corrected chi connectivity index (χ0v) is 13.7. The van der Waals surface area contributed by atoms with Crippen LogP contribution >= 0.6 is 11.3 Å². The second kappa shape index (κ2) is 6.18. The molecule has 2 N–H and O–H groups in total. The lowest BCUT2D eigenvalue weighted by molar-refractivity contribution is 0.0578. The van der Waals surface area contributed by atoms with E-state index < -0.39 is 0 Å². The Morgan fingerprint density at radius 1 is 1.50 bits per heavy atom. The first-order valence-electron chi connectivity index (χ1n) is 7.54. The van der Waals surface area contributed by atoms with Gasteiger partial charge < -0.3 is 10.6 Å². The molecule has 1 saturated heterocycles. The van der Waals surface area contributed by atoms with Crippen molar-refractivity contribution in [2.75, 3.05) is 13.1 Å². The van der Waals surface area contributed by atoms with Crippen molar-refractivity contribution < 1.29 is 4.79 Å². The Labute approximate surface area is 133 Å². The molecule has 3 rings (SSSR count). The number of thiazole rings is 1. The zero-order valence-electron chi connectivity index (χ0n) is 12.9. The highest BCUT2D eigenvalue weighted by molar-refractivity contribution is 7.16. The lowest BCUT2D eigenvalue weighted by atomic mass is 9.92. The van der Waals surface area contributed by atoms with Gasteiger partial charge in [0.25, 0.3) is 5.91 Å². The first-order chi connectivity index (χ1) is 10.6. The van der Waals surface area contributed by atoms with E-state index in [2.05, 4.69) is 17.0 Å². The lowest BCUT2D eigenvalue weighted by Gasteiger charge is -2.37. The van der Waals surface area contributed by atoms with Gasteiger partial charge in [0.2, 0.25) is 0 Å². The van der Waals surface area contributed by atoms with Crippen molar-refractivity contribution in [3.05, 3.63) is 23.5 Å². The van der Waals surface area contributed by atoms with Crippen LogP contribution in [0.25, 0.3) is 10.6 Å². The summed E-state index contributed by atoms with van der Waals surface area (Å²) < 4.78 is 1.73. The van der Waals surface area contributed by atoms with E-state index >= 15 is 0 Å². The second-order valence-electron chi connectivity index (χ2n) is 5.95. The molecule has 0 spiro atoms. The number of nitrogens with zero attached hydrogens (tertiary/aromatic N) is 4. The van der Waals surface area contributed by atoms with Gasteiger partial charge in [0.15, 0.2) is 0 Å². The summed E-state index contributed by atoms with van der Waals surface area (Å²) in [6.45, 7) is 3.52. The number of rotatable bonds is 3. The number of carbonyl (C=O) groups is 1. The molecule has 6 nitrogen and oxygen atoms in total. The normalized spacial score (nSPS) is 22.0. The highest BCUT2D eigenvalue weighted by atomic mass is 32.1. The van der Waals surface area contributed by atoms with Gasteiger partial charge in [-0.2, -0.15) is 5.10 Å². The van der Waals surface area contributed by atoms with Gasteiger partial charge in [-0.1, -0.05) is 6.92 Å². The number of aromatic nitrogens is 3. The monoisotopic (exact) mass is 319 g/mol. The van der Waals surface area contributed by atoms with Gasteiger partial charge in [-0.05, 0) is 18.8 Å². The minimum absolute atomic E-state index is 0.0509. The number of carbonyl (C=O) groups excluding carboxylic acids is 1. The van der Waals surface area contributed by atoms with Gasteiger partial charge in [0.1, 0.15) is 9.88 Å². The number of aryl methyl sites for hydroxylation is 1. The van der Waals surface area contributed by atoms with E-state index in [-0.39, 0.29) is 11.9 Å². The molecule has 3 heterocycles. The molecular formula is C15H21N5OS. The molecule has 0 radical (unpaired) electrons. The molecule has 1 fully saturated rings. The van der Waals surface area contributed by atoms with E-state index in [0.717, 1.165) is 30.0 Å². The topological polar surface area (TPSA) is 77.0 Å². The molecular weight excluding hydrogens is 298 g/mol. The minimum atomic E-state index is 0.0509. The maximum absolute atomic E-state index is 12.7. The van der Waals surface area contributed by atoms with Gasteiger partial charge in [-0.15, -0.1) is 11.3 Å². The lowest BCUT2D eigenvalue weighted by Crippen LogP contribution is -2.49. The maximum Gasteiger partial charge on any atom is 0.265 e. The Morgan fingerprint density at radius 3 is 3.00 bits per heavy atom. The number of likely N-dealkylation sites (tertiary alicyclic amines) is 1. The van der Waals surface area contributed by atoms with Crippen molar-refractivity contribution in [1.82, 2.24) is 19.7 Å². The average molecular weight is 319 g/mol. The fourth-order valence-electron chi connectivity index (χ4n) is 2.92. The van der Waals surface area contributed by atoms with Crippen molar-refractivity contribution in [3.8, 4) is 10.6 Å². The van der Waals surface area contributed by atoms with E-state index in [4.69, 9.17) is 5.73 Å². The van der Waals surface area contributed by atoms with Gasteiger partial charge in [0.05, 0.1) is 12.4 Å². The number of nitrogens with two attached hydrogens (primary N) is 1. The molecule has 2 aromatic rings. The summed E-state index contributed by atoms with van der Waals surface area (Å²) in [6.07, 6.45) is 7.35. The van der Waals surface area contributed by atoms with Gasteiger partial charge in [-0.25, -0.2) is 4.98 Å². The first kappa shape index (κ1) is 15.2. The number of amides is 1. The Bertz CT molecular complexity index is 664. The van der Waals surface area contributed by atoms with E-state index in [1.165, 1.54) is 11.3 Å². The molecule has 1 aliphatic rings. The van der Waals surface area contributed by atoms with E-state index in [1.54, 1.807) is 17.1 Å². The van der Waals surface area contributed by atoms with Crippen LogP contribution in [0.2, 0.25) is 0 Å². The van der Waals surface area contributed by atoms with Crippen LogP contribution in [0.3, 0.4) is 0 Å². The molecule has 2 unspecified atom stereocenters. The Hall–Kier alpha value is -1.73. The summed E-state index contributed by atoms with van der Waals surface area (Å²) in [4.78, 5) is 19.7. The van der Waals surface area contributed by atoms with Crippen molar-refractivity contribution in [1.29, 1.82) is 0 Å². The smallest absolute Gasteiger partial charge is 0.265 e. The van der Waals surface area contributed by atoms with Crippen LogP contribution in [0.4, 0.5) is 0 Å². The van der Waals surface area contributed by atoms with Crippen molar-refractivity contribution in [2.45, 2.75) is 25.8 Å². The fourth-order valence-corrected chi connectivity index (χ4v) is 3.77. The second-order valence-corrected chi connectivity index (χ2v) is 6.98. The van der Waals surface area contributed by atoms with Crippen molar-refractivity contribution in [3.63, 3.8) is 0 Å². The summed E-state index contributed by atoms with van der Waals surface area (Å²) in [5.41, 5.74) is 6.79. The molecule has 0 saturated carbocycles. The van der Waals surface area contributed by atoms with Gasteiger partial charge >= 0.3 is 0 Å². The van der Waals surface area contributed by atoms with Crippen LogP contribution in [0.15, 0.2) is 18.6 Å². The first-order valence-corrected chi connectivity index (χ1v) is 8.36. The summed E-state index contributed by atoms with van der Waals surface area (Å²) in [5, 5.41) is 4.97.